The van der Waals surface area contributed by atoms with Crippen LogP contribution in [0.3, 0.4) is 0 Å². The van der Waals surface area contributed by atoms with Gasteiger partial charge in [-0.1, -0.05) is 33.7 Å². The maximum Gasteiger partial charge on any atom is 0.108 e. The van der Waals surface area contributed by atoms with E-state index in [9.17, 15) is 10.0 Å². The molecule has 2 atom stereocenters. The Labute approximate surface area is 115 Å². The third-order valence-electron chi connectivity index (χ3n) is 2.69. The van der Waals surface area contributed by atoms with Crippen LogP contribution in [0.4, 0.5) is 5.69 Å². The molecule has 4 nitrogen and oxygen atoms in total. The predicted octanol–water partition coefficient (Wildman–Crippen LogP) is 3.24. The molecule has 1 aromatic rings. The Balaban J connectivity index is 0.000000771. The Morgan fingerprint density at radius 2 is 1.83 bits per heavy atom. The summed E-state index contributed by atoms with van der Waals surface area (Å²) in [5, 5.41) is 13.1. The van der Waals surface area contributed by atoms with Gasteiger partial charge in [0.05, 0.1) is 11.4 Å². The summed E-state index contributed by atoms with van der Waals surface area (Å²) < 4.78 is -0.128. The molecule has 100 valence electrons. The highest BCUT2D eigenvalue weighted by Gasteiger charge is 2.43. The lowest BCUT2D eigenvalue weighted by molar-refractivity contribution is 0.143. The van der Waals surface area contributed by atoms with Crippen molar-refractivity contribution in [3.8, 4) is 0 Å². The summed E-state index contributed by atoms with van der Waals surface area (Å²) in [6, 6.07) is 7.09. The van der Waals surface area contributed by atoms with E-state index in [1.54, 1.807) is 33.7 Å². The molecule has 1 aromatic carbocycles. The second-order valence-electron chi connectivity index (χ2n) is 4.33. The number of nitrogens with two attached hydrogens (primary N) is 1. The molecule has 0 radical (unpaired) electrons. The first-order valence-electron chi connectivity index (χ1n) is 5.58. The third kappa shape index (κ3) is 3.26. The van der Waals surface area contributed by atoms with E-state index in [1.807, 2.05) is 26.0 Å². The van der Waals surface area contributed by atoms with Crippen LogP contribution in [0.2, 0.25) is 0 Å². The molecule has 1 aliphatic rings. The number of hydrogen-bond acceptors (Lipinski definition) is 6. The number of hydrogen-bond donors (Lipinski definition) is 2. The molecule has 18 heavy (non-hydrogen) atoms. The molecule has 0 amide bonds. The van der Waals surface area contributed by atoms with Gasteiger partial charge in [-0.2, -0.15) is 0 Å². The van der Waals surface area contributed by atoms with E-state index in [4.69, 9.17) is 0 Å². The van der Waals surface area contributed by atoms with Crippen molar-refractivity contribution in [3.63, 3.8) is 0 Å². The molecule has 2 unspecified atom stereocenters. The minimum atomic E-state index is -0.377. The molecule has 1 fully saturated rings. The van der Waals surface area contributed by atoms with Crippen LogP contribution in [-0.4, -0.2) is 23.0 Å². The fraction of sp³-hybridized carbons (Fsp3) is 0.500. The number of aliphatic hydroxyl groups excluding tert-OH is 1. The van der Waals surface area contributed by atoms with Crippen LogP contribution < -0.4 is 5.73 Å². The van der Waals surface area contributed by atoms with Crippen molar-refractivity contribution in [2.75, 3.05) is 7.05 Å². The van der Waals surface area contributed by atoms with Crippen LogP contribution in [0.25, 0.3) is 0 Å². The third-order valence-corrected chi connectivity index (χ3v) is 6.40. The first kappa shape index (κ1) is 15.5. The van der Waals surface area contributed by atoms with Crippen LogP contribution in [0.1, 0.15) is 24.7 Å². The zero-order valence-corrected chi connectivity index (χ0v) is 12.3. The first-order valence-corrected chi connectivity index (χ1v) is 7.79. The predicted molar refractivity (Wildman–Crippen MR) is 80.0 cm³/mol. The van der Waals surface area contributed by atoms with Gasteiger partial charge < -0.3 is 10.8 Å². The summed E-state index contributed by atoms with van der Waals surface area (Å²) in [4.78, 5) is 10.3. The van der Waals surface area contributed by atoms with Crippen molar-refractivity contribution in [2.45, 2.75) is 29.9 Å². The van der Waals surface area contributed by atoms with Gasteiger partial charge in [-0.3, -0.25) is 0 Å². The van der Waals surface area contributed by atoms with E-state index in [1.165, 1.54) is 7.05 Å². The monoisotopic (exact) mass is 286 g/mol. The van der Waals surface area contributed by atoms with Crippen LogP contribution in [-0.2, 0) is 0 Å². The van der Waals surface area contributed by atoms with Crippen LogP contribution in [0.5, 0.6) is 0 Å². The molecule has 2 rings (SSSR count). The maximum absolute atomic E-state index is 10.3. The topological polar surface area (TPSA) is 75.7 Å². The molecule has 0 aromatic heterocycles. The van der Waals surface area contributed by atoms with Gasteiger partial charge in [0.25, 0.3) is 0 Å². The van der Waals surface area contributed by atoms with Gasteiger partial charge in [0.15, 0.2) is 0 Å². The second kappa shape index (κ2) is 6.56. The molecule has 3 N–H and O–H groups in total. The zero-order chi connectivity index (χ0) is 13.8. The highest BCUT2D eigenvalue weighted by molar-refractivity contribution is 8.77. The van der Waals surface area contributed by atoms with Crippen LogP contribution in [0.15, 0.2) is 29.4 Å². The van der Waals surface area contributed by atoms with Crippen molar-refractivity contribution < 1.29 is 5.11 Å². The Bertz CT molecular complexity index is 396. The molecule has 6 heteroatoms. The Morgan fingerprint density at radius 1 is 1.28 bits per heavy atom. The van der Waals surface area contributed by atoms with Crippen molar-refractivity contribution >= 4 is 27.3 Å². The van der Waals surface area contributed by atoms with Crippen molar-refractivity contribution in [1.29, 1.82) is 0 Å². The summed E-state index contributed by atoms with van der Waals surface area (Å²) >= 11 is 0. The van der Waals surface area contributed by atoms with Gasteiger partial charge in [-0.15, -0.1) is 4.91 Å². The van der Waals surface area contributed by atoms with Crippen molar-refractivity contribution in [3.05, 3.63) is 34.7 Å². The molecule has 0 bridgehead atoms. The lowest BCUT2D eigenvalue weighted by Gasteiger charge is -2.22. The largest absolute Gasteiger partial charge is 0.390 e. The van der Waals surface area contributed by atoms with E-state index in [-0.39, 0.29) is 16.1 Å². The molecular formula is C12H18N2O2S2. The molecular weight excluding hydrogens is 268 g/mol. The molecule has 0 spiro atoms. The summed E-state index contributed by atoms with van der Waals surface area (Å²) in [5.74, 6) is 0. The minimum Gasteiger partial charge on any atom is -0.390 e. The van der Waals surface area contributed by atoms with E-state index in [2.05, 4.69) is 10.9 Å². The number of nitroso groups, excluding NO2 is 1. The van der Waals surface area contributed by atoms with Crippen LogP contribution >= 0.6 is 21.6 Å². The highest BCUT2D eigenvalue weighted by atomic mass is 33.1. The summed E-state index contributed by atoms with van der Waals surface area (Å²) in [6.07, 6.45) is -0.377. The summed E-state index contributed by atoms with van der Waals surface area (Å²) in [7, 11) is 4.88. The van der Waals surface area contributed by atoms with Crippen molar-refractivity contribution in [1.82, 2.24) is 0 Å². The average molecular weight is 286 g/mol. The minimum absolute atomic E-state index is 0.0701. The molecule has 1 heterocycles. The van der Waals surface area contributed by atoms with Gasteiger partial charge in [-0.25, -0.2) is 0 Å². The van der Waals surface area contributed by atoms with Gasteiger partial charge >= 0.3 is 0 Å². The fourth-order valence-corrected chi connectivity index (χ4v) is 4.99. The van der Waals surface area contributed by atoms with E-state index in [0.717, 1.165) is 5.56 Å². The van der Waals surface area contributed by atoms with Crippen molar-refractivity contribution in [2.24, 2.45) is 10.9 Å². The van der Waals surface area contributed by atoms with Gasteiger partial charge in [0.2, 0.25) is 0 Å². The summed E-state index contributed by atoms with van der Waals surface area (Å²) in [5.41, 5.74) is 5.97. The number of benzene rings is 1. The van der Waals surface area contributed by atoms with E-state index in [0.29, 0.717) is 5.69 Å². The smallest absolute Gasteiger partial charge is 0.108 e. The lowest BCUT2D eigenvalue weighted by atomic mass is 9.97. The Hall–Kier alpha value is -0.560. The van der Waals surface area contributed by atoms with Gasteiger partial charge in [0, 0.05) is 4.75 Å². The molecule has 1 saturated heterocycles. The second-order valence-corrected chi connectivity index (χ2v) is 7.33. The normalized spacial score (nSPS) is 25.2. The SMILES string of the molecule is CC1(C)SSC(c2ccc(N=O)cc2)C1O.CN. The standard InChI is InChI=1S/C11H13NO2S2.CH5N/c1-11(2)10(13)9(15-16-11)7-3-5-8(12-14)6-4-7;1-2/h3-6,9-10,13H,1-2H3;2H2,1H3. The zero-order valence-electron chi connectivity index (χ0n) is 10.7. The maximum atomic E-state index is 10.3. The summed E-state index contributed by atoms with van der Waals surface area (Å²) in [6.45, 7) is 4.08. The number of nitrogens with zero attached hydrogens (tertiary/aromatic N) is 1. The van der Waals surface area contributed by atoms with E-state index < -0.39 is 0 Å². The highest BCUT2D eigenvalue weighted by Crippen LogP contribution is 2.57. The van der Waals surface area contributed by atoms with E-state index >= 15 is 0 Å². The fourth-order valence-electron chi connectivity index (χ4n) is 1.61. The first-order chi connectivity index (χ1) is 8.54. The Morgan fingerprint density at radius 3 is 2.22 bits per heavy atom. The van der Waals surface area contributed by atoms with Gasteiger partial charge in [0.1, 0.15) is 5.69 Å². The molecule has 0 saturated carbocycles. The lowest BCUT2D eigenvalue weighted by Crippen LogP contribution is -2.31. The van der Waals surface area contributed by atoms with Crippen LogP contribution in [0, 0.1) is 4.91 Å². The quantitative estimate of drug-likeness (QED) is 0.645. The number of rotatable bonds is 2. The Kier molecular flexibility index (Phi) is 5.65. The molecule has 1 aliphatic heterocycles. The molecule has 0 aliphatic carbocycles. The average Bonchev–Trinajstić information content (AvgIpc) is 2.67. The number of aliphatic hydroxyl groups is 1. The van der Waals surface area contributed by atoms with Gasteiger partial charge in [-0.05, 0) is 43.8 Å².